The van der Waals surface area contributed by atoms with Gasteiger partial charge in [0.1, 0.15) is 16.8 Å². The van der Waals surface area contributed by atoms with E-state index in [-0.39, 0.29) is 11.3 Å². The molecule has 0 unspecified atom stereocenters. The first-order valence-electron chi connectivity index (χ1n) is 8.26. The van der Waals surface area contributed by atoms with Gasteiger partial charge < -0.3 is 21.1 Å². The molecular formula is C19H25N3O3S. The van der Waals surface area contributed by atoms with Crippen molar-refractivity contribution in [3.8, 4) is 5.75 Å². The lowest BCUT2D eigenvalue weighted by Crippen LogP contribution is -2.32. The zero-order valence-corrected chi connectivity index (χ0v) is 16.5. The van der Waals surface area contributed by atoms with Crippen molar-refractivity contribution in [2.75, 3.05) is 17.7 Å². The lowest BCUT2D eigenvalue weighted by Gasteiger charge is -2.23. The van der Waals surface area contributed by atoms with E-state index in [9.17, 15) is 9.59 Å². The maximum absolute atomic E-state index is 12.5. The second-order valence-electron chi connectivity index (χ2n) is 7.05. The van der Waals surface area contributed by atoms with Crippen molar-refractivity contribution in [1.82, 2.24) is 0 Å². The van der Waals surface area contributed by atoms with Crippen LogP contribution in [-0.2, 0) is 10.2 Å². The summed E-state index contributed by atoms with van der Waals surface area (Å²) in [5, 5.41) is 8.10. The number of nitrogens with two attached hydrogens (primary N) is 1. The third-order valence-corrected chi connectivity index (χ3v) is 4.83. The number of thiophene rings is 1. The minimum Gasteiger partial charge on any atom is -0.495 e. The van der Waals surface area contributed by atoms with E-state index in [4.69, 9.17) is 10.5 Å². The van der Waals surface area contributed by atoms with Crippen LogP contribution in [0.3, 0.4) is 0 Å². The number of rotatable bonds is 6. The van der Waals surface area contributed by atoms with Crippen molar-refractivity contribution in [3.05, 3.63) is 40.8 Å². The van der Waals surface area contributed by atoms with Crippen molar-refractivity contribution in [2.45, 2.75) is 39.2 Å². The third-order valence-electron chi connectivity index (χ3n) is 4.00. The molecule has 4 N–H and O–H groups in total. The molecule has 0 aliphatic heterocycles. The first-order valence-corrected chi connectivity index (χ1v) is 9.14. The minimum atomic E-state index is -0.568. The Morgan fingerprint density at radius 1 is 1.23 bits per heavy atom. The number of ether oxygens (including phenoxy) is 1. The smallest absolute Gasteiger partial charge is 0.251 e. The molecule has 140 valence electrons. The highest BCUT2D eigenvalue weighted by molar-refractivity contribution is 7.14. The van der Waals surface area contributed by atoms with Gasteiger partial charge in [-0.3, -0.25) is 9.59 Å². The molecule has 2 aromatic rings. The second kappa shape index (κ2) is 7.78. The molecule has 1 aromatic carbocycles. The molecule has 0 saturated heterocycles. The number of primary amides is 1. The molecule has 0 aliphatic carbocycles. The zero-order valence-electron chi connectivity index (χ0n) is 15.7. The summed E-state index contributed by atoms with van der Waals surface area (Å²) in [6, 6.07) is 6.94. The molecule has 26 heavy (non-hydrogen) atoms. The van der Waals surface area contributed by atoms with Crippen LogP contribution in [0, 0.1) is 0 Å². The Morgan fingerprint density at radius 3 is 2.50 bits per heavy atom. The van der Waals surface area contributed by atoms with Crippen LogP contribution in [0.4, 0.5) is 10.7 Å². The Kier molecular flexibility index (Phi) is 5.92. The highest BCUT2D eigenvalue weighted by atomic mass is 32.1. The van der Waals surface area contributed by atoms with Crippen LogP contribution in [0.5, 0.6) is 5.75 Å². The molecule has 2 rings (SSSR count). The molecule has 6 nitrogen and oxygen atoms in total. The van der Waals surface area contributed by atoms with Crippen molar-refractivity contribution in [2.24, 2.45) is 5.73 Å². The summed E-state index contributed by atoms with van der Waals surface area (Å²) < 4.78 is 5.40. The van der Waals surface area contributed by atoms with Crippen LogP contribution in [0.25, 0.3) is 0 Å². The van der Waals surface area contributed by atoms with Gasteiger partial charge in [0, 0.05) is 0 Å². The predicted molar refractivity (Wildman–Crippen MR) is 106 cm³/mol. The summed E-state index contributed by atoms with van der Waals surface area (Å²) in [6.07, 6.45) is 0. The van der Waals surface area contributed by atoms with E-state index in [1.54, 1.807) is 25.5 Å². The van der Waals surface area contributed by atoms with Gasteiger partial charge in [-0.15, -0.1) is 11.3 Å². The third kappa shape index (κ3) is 4.54. The molecule has 0 bridgehead atoms. The summed E-state index contributed by atoms with van der Waals surface area (Å²) in [5.41, 5.74) is 7.46. The highest BCUT2D eigenvalue weighted by Crippen LogP contribution is 2.32. The molecular weight excluding hydrogens is 350 g/mol. The molecule has 2 amide bonds. The molecule has 1 heterocycles. The van der Waals surface area contributed by atoms with Gasteiger partial charge in [-0.05, 0) is 41.5 Å². The van der Waals surface area contributed by atoms with Crippen LogP contribution < -0.4 is 21.1 Å². The van der Waals surface area contributed by atoms with Crippen molar-refractivity contribution in [3.63, 3.8) is 0 Å². The van der Waals surface area contributed by atoms with Gasteiger partial charge in [0.2, 0.25) is 5.91 Å². The number of nitrogens with one attached hydrogen (secondary N) is 2. The monoisotopic (exact) mass is 375 g/mol. The highest BCUT2D eigenvalue weighted by Gasteiger charge is 2.20. The van der Waals surface area contributed by atoms with Crippen LogP contribution >= 0.6 is 11.3 Å². The topological polar surface area (TPSA) is 93.4 Å². The first kappa shape index (κ1) is 19.8. The number of hydrogen-bond acceptors (Lipinski definition) is 5. The lowest BCUT2D eigenvalue weighted by atomic mass is 9.86. The Hall–Kier alpha value is -2.54. The van der Waals surface area contributed by atoms with Crippen LogP contribution in [0.1, 0.15) is 43.6 Å². The summed E-state index contributed by atoms with van der Waals surface area (Å²) in [5.74, 6) is -0.175. The summed E-state index contributed by atoms with van der Waals surface area (Å²) in [7, 11) is 1.59. The maximum Gasteiger partial charge on any atom is 0.251 e. The number of methoxy groups -OCH3 is 1. The lowest BCUT2D eigenvalue weighted by molar-refractivity contribution is -0.116. The quantitative estimate of drug-likeness (QED) is 0.719. The minimum absolute atomic E-state index is 0.0262. The molecule has 0 fully saturated rings. The van der Waals surface area contributed by atoms with E-state index in [2.05, 4.69) is 31.4 Å². The van der Waals surface area contributed by atoms with Gasteiger partial charge in [0.25, 0.3) is 5.91 Å². The molecule has 0 saturated carbocycles. The van der Waals surface area contributed by atoms with E-state index in [1.807, 2.05) is 18.2 Å². The van der Waals surface area contributed by atoms with E-state index in [1.165, 1.54) is 11.3 Å². The van der Waals surface area contributed by atoms with Crippen molar-refractivity contribution in [1.29, 1.82) is 0 Å². The molecule has 0 aliphatic rings. The number of anilines is 2. The second-order valence-corrected chi connectivity index (χ2v) is 7.96. The van der Waals surface area contributed by atoms with Gasteiger partial charge in [0.15, 0.2) is 0 Å². The number of carbonyl (C=O) groups excluding carboxylic acids is 2. The van der Waals surface area contributed by atoms with Gasteiger partial charge >= 0.3 is 0 Å². The molecule has 0 radical (unpaired) electrons. The average Bonchev–Trinajstić information content (AvgIpc) is 3.02. The number of hydrogen-bond donors (Lipinski definition) is 3. The SMILES string of the molecule is COc1ccc(C(C)(C)C)cc1N[C@H](C)C(=O)Nc1sccc1C(N)=O. The van der Waals surface area contributed by atoms with Crippen LogP contribution in [-0.4, -0.2) is 25.0 Å². The fourth-order valence-electron chi connectivity index (χ4n) is 2.41. The summed E-state index contributed by atoms with van der Waals surface area (Å²) in [6.45, 7) is 8.11. The van der Waals surface area contributed by atoms with Crippen molar-refractivity contribution >= 4 is 33.8 Å². The Labute approximate surface area is 157 Å². The Bertz CT molecular complexity index is 809. The summed E-state index contributed by atoms with van der Waals surface area (Å²) in [4.78, 5) is 23.9. The molecule has 1 atom stereocenters. The average molecular weight is 375 g/mol. The largest absolute Gasteiger partial charge is 0.495 e. The van der Waals surface area contributed by atoms with Gasteiger partial charge in [-0.25, -0.2) is 0 Å². The fourth-order valence-corrected chi connectivity index (χ4v) is 3.20. The van der Waals surface area contributed by atoms with Gasteiger partial charge in [-0.2, -0.15) is 0 Å². The normalized spacial score (nSPS) is 12.3. The van der Waals surface area contributed by atoms with E-state index in [0.717, 1.165) is 11.3 Å². The van der Waals surface area contributed by atoms with E-state index >= 15 is 0 Å². The number of amides is 2. The van der Waals surface area contributed by atoms with Crippen molar-refractivity contribution < 1.29 is 14.3 Å². The van der Waals surface area contributed by atoms with Gasteiger partial charge in [-0.1, -0.05) is 26.8 Å². The zero-order chi connectivity index (χ0) is 19.5. The standard InChI is InChI=1S/C19H25N3O3S/c1-11(17(24)22-18-13(16(20)23)8-9-26-18)21-14-10-12(19(2,3)4)6-7-15(14)25-5/h6-11,21H,1-5H3,(H2,20,23)(H,22,24)/t11-/m1/s1. The Morgan fingerprint density at radius 2 is 1.92 bits per heavy atom. The molecule has 7 heteroatoms. The number of benzene rings is 1. The maximum atomic E-state index is 12.5. The van der Waals surface area contributed by atoms with E-state index in [0.29, 0.717) is 16.3 Å². The first-order chi connectivity index (χ1) is 12.1. The molecule has 1 aromatic heterocycles. The molecule has 0 spiro atoms. The van der Waals surface area contributed by atoms with Crippen LogP contribution in [0.15, 0.2) is 29.6 Å². The Balaban J connectivity index is 2.18. The van der Waals surface area contributed by atoms with Crippen LogP contribution in [0.2, 0.25) is 0 Å². The predicted octanol–water partition coefficient (Wildman–Crippen LogP) is 3.59. The fraction of sp³-hybridized carbons (Fsp3) is 0.368. The number of carbonyl (C=O) groups is 2. The summed E-state index contributed by atoms with van der Waals surface area (Å²) >= 11 is 1.26. The van der Waals surface area contributed by atoms with E-state index < -0.39 is 11.9 Å². The van der Waals surface area contributed by atoms with Gasteiger partial charge in [0.05, 0.1) is 18.4 Å².